The Balaban J connectivity index is 2.29. The highest BCUT2D eigenvalue weighted by Gasteiger charge is 2.07. The summed E-state index contributed by atoms with van der Waals surface area (Å²) < 4.78 is 12.7. The van der Waals surface area contributed by atoms with E-state index in [0.29, 0.717) is 5.56 Å². The molecule has 0 spiro atoms. The smallest absolute Gasteiger partial charge is 0.143 e. The average molecular weight is 231 g/mol. The third kappa shape index (κ3) is 2.68. The van der Waals surface area contributed by atoms with Crippen LogP contribution in [0.5, 0.6) is 5.75 Å². The van der Waals surface area contributed by atoms with Crippen molar-refractivity contribution in [3.05, 3.63) is 53.8 Å². The van der Waals surface area contributed by atoms with E-state index in [1.807, 2.05) is 5.32 Å². The molecule has 0 radical (unpaired) electrons. The Kier molecular flexibility index (Phi) is 3.16. The summed E-state index contributed by atoms with van der Waals surface area (Å²) in [7, 11) is 0. The fraction of sp³-hybridized carbons (Fsp3) is 0. The van der Waals surface area contributed by atoms with Crippen molar-refractivity contribution in [2.45, 2.75) is 0 Å². The number of quaternary nitrogens is 1. The summed E-state index contributed by atoms with van der Waals surface area (Å²) in [6, 6.07) is 10.9. The van der Waals surface area contributed by atoms with Crippen molar-refractivity contribution in [2.24, 2.45) is 0 Å². The van der Waals surface area contributed by atoms with Crippen LogP contribution < -0.4 is 5.32 Å². The van der Waals surface area contributed by atoms with Gasteiger partial charge in [-0.25, -0.2) is 4.39 Å². The van der Waals surface area contributed by atoms with Gasteiger partial charge in [-0.15, -0.1) is 0 Å². The molecule has 0 saturated heterocycles. The topological polar surface area (TPSA) is 60.7 Å². The standard InChI is InChI=1S/C13H11FN2O/c14-10-1-3-11(4-2-10)16-13-6-5-12(17)7-9(13)8-15/h1-8,15-17H/p+1. The molecule has 0 atom stereocenters. The molecule has 0 aliphatic carbocycles. The molecular formula is C13H12FN2O+. The summed E-state index contributed by atoms with van der Waals surface area (Å²) in [5, 5.41) is 18.4. The SMILES string of the molecule is N=Cc1cc(O)ccc1[NH2+]c1ccc(F)cc1. The number of nitrogens with one attached hydrogen (secondary N) is 1. The zero-order valence-corrected chi connectivity index (χ0v) is 9.02. The predicted molar refractivity (Wildman–Crippen MR) is 63.6 cm³/mol. The quantitative estimate of drug-likeness (QED) is 0.422. The molecule has 86 valence electrons. The number of phenolic OH excluding ortho intramolecular Hbond substituents is 1. The van der Waals surface area contributed by atoms with E-state index in [0.717, 1.165) is 11.4 Å². The summed E-state index contributed by atoms with van der Waals surface area (Å²) in [6.07, 6.45) is 1.18. The van der Waals surface area contributed by atoms with Gasteiger partial charge in [-0.1, -0.05) is 0 Å². The Morgan fingerprint density at radius 1 is 1.12 bits per heavy atom. The maximum absolute atomic E-state index is 12.7. The fourth-order valence-electron chi connectivity index (χ4n) is 1.56. The first-order valence-electron chi connectivity index (χ1n) is 5.13. The van der Waals surface area contributed by atoms with Gasteiger partial charge in [0.05, 0.1) is 5.56 Å². The molecular weight excluding hydrogens is 219 g/mol. The number of phenols is 1. The van der Waals surface area contributed by atoms with Crippen molar-refractivity contribution in [2.75, 3.05) is 0 Å². The number of benzene rings is 2. The van der Waals surface area contributed by atoms with Gasteiger partial charge in [-0.05, 0) is 24.3 Å². The minimum atomic E-state index is -0.278. The molecule has 17 heavy (non-hydrogen) atoms. The van der Waals surface area contributed by atoms with E-state index in [4.69, 9.17) is 5.41 Å². The second kappa shape index (κ2) is 4.76. The Morgan fingerprint density at radius 3 is 2.47 bits per heavy atom. The van der Waals surface area contributed by atoms with Gasteiger partial charge in [0.15, 0.2) is 0 Å². The first kappa shape index (κ1) is 11.3. The first-order valence-corrected chi connectivity index (χ1v) is 5.13. The zero-order valence-electron chi connectivity index (χ0n) is 9.02. The van der Waals surface area contributed by atoms with E-state index < -0.39 is 0 Å². The number of aromatic hydroxyl groups is 1. The molecule has 4 N–H and O–H groups in total. The van der Waals surface area contributed by atoms with Crippen molar-refractivity contribution >= 4 is 17.6 Å². The lowest BCUT2D eigenvalue weighted by Crippen LogP contribution is -2.71. The lowest BCUT2D eigenvalue weighted by molar-refractivity contribution is -0.478. The highest BCUT2D eigenvalue weighted by atomic mass is 19.1. The molecule has 2 rings (SSSR count). The van der Waals surface area contributed by atoms with Crippen LogP contribution in [0.4, 0.5) is 15.8 Å². The third-order valence-electron chi connectivity index (χ3n) is 2.42. The monoisotopic (exact) mass is 231 g/mol. The number of hydrogen-bond acceptors (Lipinski definition) is 2. The van der Waals surface area contributed by atoms with Crippen LogP contribution in [0.3, 0.4) is 0 Å². The van der Waals surface area contributed by atoms with E-state index >= 15 is 0 Å². The second-order valence-corrected chi connectivity index (χ2v) is 3.65. The average Bonchev–Trinajstić information content (AvgIpc) is 2.34. The van der Waals surface area contributed by atoms with Gasteiger partial charge in [0.1, 0.15) is 22.9 Å². The summed E-state index contributed by atoms with van der Waals surface area (Å²) in [6.45, 7) is 0. The zero-order chi connectivity index (χ0) is 12.3. The van der Waals surface area contributed by atoms with E-state index in [2.05, 4.69) is 0 Å². The first-order chi connectivity index (χ1) is 8.19. The fourth-order valence-corrected chi connectivity index (χ4v) is 1.56. The molecule has 0 heterocycles. The summed E-state index contributed by atoms with van der Waals surface area (Å²) in [4.78, 5) is 0. The van der Waals surface area contributed by atoms with Crippen molar-refractivity contribution in [1.29, 1.82) is 5.41 Å². The normalized spacial score (nSPS) is 10.2. The van der Waals surface area contributed by atoms with Crippen LogP contribution in [0.25, 0.3) is 0 Å². The molecule has 0 saturated carbocycles. The van der Waals surface area contributed by atoms with Gasteiger partial charge in [0.2, 0.25) is 0 Å². The van der Waals surface area contributed by atoms with E-state index in [1.54, 1.807) is 24.3 Å². The van der Waals surface area contributed by atoms with Crippen LogP contribution >= 0.6 is 0 Å². The largest absolute Gasteiger partial charge is 0.508 e. The number of hydrogen-bond donors (Lipinski definition) is 3. The highest BCUT2D eigenvalue weighted by Crippen LogP contribution is 2.17. The van der Waals surface area contributed by atoms with Crippen molar-refractivity contribution in [3.63, 3.8) is 0 Å². The summed E-state index contributed by atoms with van der Waals surface area (Å²) >= 11 is 0. The summed E-state index contributed by atoms with van der Waals surface area (Å²) in [5.74, 6) is -0.153. The Hall–Kier alpha value is -2.20. The van der Waals surface area contributed by atoms with Gasteiger partial charge >= 0.3 is 0 Å². The van der Waals surface area contributed by atoms with E-state index in [1.165, 1.54) is 24.4 Å². The minimum absolute atomic E-state index is 0.125. The second-order valence-electron chi connectivity index (χ2n) is 3.65. The van der Waals surface area contributed by atoms with Crippen LogP contribution in [0.1, 0.15) is 5.56 Å². The van der Waals surface area contributed by atoms with Crippen LogP contribution in [-0.4, -0.2) is 11.3 Å². The molecule has 0 bridgehead atoms. The van der Waals surface area contributed by atoms with Crippen molar-refractivity contribution in [1.82, 2.24) is 0 Å². The molecule has 0 aliphatic rings. The predicted octanol–water partition coefficient (Wildman–Crippen LogP) is 2.06. The Bertz CT molecular complexity index is 538. The number of rotatable bonds is 3. The lowest BCUT2D eigenvalue weighted by Gasteiger charge is -2.04. The number of nitrogens with two attached hydrogens (primary N) is 1. The highest BCUT2D eigenvalue weighted by molar-refractivity contribution is 5.83. The Morgan fingerprint density at radius 2 is 1.82 bits per heavy atom. The van der Waals surface area contributed by atoms with E-state index in [9.17, 15) is 9.50 Å². The van der Waals surface area contributed by atoms with E-state index in [-0.39, 0.29) is 11.6 Å². The van der Waals surface area contributed by atoms with Crippen LogP contribution in [0, 0.1) is 11.2 Å². The molecule has 4 heteroatoms. The van der Waals surface area contributed by atoms with Gasteiger partial charge in [0.25, 0.3) is 0 Å². The van der Waals surface area contributed by atoms with Crippen molar-refractivity contribution in [3.8, 4) is 5.75 Å². The van der Waals surface area contributed by atoms with Gasteiger partial charge < -0.3 is 10.5 Å². The minimum Gasteiger partial charge on any atom is -0.508 e. The lowest BCUT2D eigenvalue weighted by atomic mass is 10.1. The number of halogens is 1. The molecule has 0 unspecified atom stereocenters. The van der Waals surface area contributed by atoms with Crippen LogP contribution in [0.2, 0.25) is 0 Å². The molecule has 2 aromatic carbocycles. The third-order valence-corrected chi connectivity index (χ3v) is 2.42. The maximum atomic E-state index is 12.7. The summed E-state index contributed by atoms with van der Waals surface area (Å²) in [5.41, 5.74) is 2.28. The van der Waals surface area contributed by atoms with Crippen LogP contribution in [0.15, 0.2) is 42.5 Å². The maximum Gasteiger partial charge on any atom is 0.143 e. The van der Waals surface area contributed by atoms with Gasteiger partial charge in [0, 0.05) is 24.4 Å². The molecule has 2 aromatic rings. The van der Waals surface area contributed by atoms with Gasteiger partial charge in [-0.3, -0.25) is 5.32 Å². The molecule has 0 fully saturated rings. The van der Waals surface area contributed by atoms with Crippen LogP contribution in [-0.2, 0) is 0 Å². The van der Waals surface area contributed by atoms with Crippen molar-refractivity contribution < 1.29 is 14.8 Å². The molecule has 0 amide bonds. The van der Waals surface area contributed by atoms with Gasteiger partial charge in [-0.2, -0.15) is 0 Å². The molecule has 0 aromatic heterocycles. The Labute approximate surface area is 98.0 Å². The molecule has 0 aliphatic heterocycles. The molecule has 3 nitrogen and oxygen atoms in total.